The van der Waals surface area contributed by atoms with E-state index in [1.807, 2.05) is 36.4 Å². The largest absolute Gasteiger partial charge is 0.354 e. The molecule has 1 fully saturated rings. The van der Waals surface area contributed by atoms with E-state index in [0.29, 0.717) is 16.5 Å². The number of halogens is 1. The van der Waals surface area contributed by atoms with Gasteiger partial charge >= 0.3 is 0 Å². The van der Waals surface area contributed by atoms with E-state index in [-0.39, 0.29) is 0 Å². The van der Waals surface area contributed by atoms with E-state index in [1.165, 1.54) is 0 Å². The number of fused-ring (bicyclic) bond motifs is 1. The first-order valence-corrected chi connectivity index (χ1v) is 7.76. The molecule has 0 bridgehead atoms. The lowest BCUT2D eigenvalue weighted by Gasteiger charge is -2.28. The number of benzene rings is 1. The second-order valence-corrected chi connectivity index (χ2v) is 5.75. The Morgan fingerprint density at radius 1 is 1.00 bits per heavy atom. The van der Waals surface area contributed by atoms with Crippen molar-refractivity contribution >= 4 is 28.5 Å². The summed E-state index contributed by atoms with van der Waals surface area (Å²) in [6.07, 6.45) is 0. The molecule has 2 N–H and O–H groups in total. The molecule has 0 saturated carbocycles. The number of H-pyrrole nitrogens is 1. The summed E-state index contributed by atoms with van der Waals surface area (Å²) >= 11 is 6.34. The van der Waals surface area contributed by atoms with Gasteiger partial charge in [0, 0.05) is 26.2 Å². The van der Waals surface area contributed by atoms with Gasteiger partial charge in [0.05, 0.1) is 16.1 Å². The first-order valence-electron chi connectivity index (χ1n) is 7.38. The highest BCUT2D eigenvalue weighted by Crippen LogP contribution is 2.28. The summed E-state index contributed by atoms with van der Waals surface area (Å²) in [4.78, 5) is 14.9. The summed E-state index contributed by atoms with van der Waals surface area (Å²) in [6.45, 7) is 3.86. The van der Waals surface area contributed by atoms with Crippen molar-refractivity contribution in [3.63, 3.8) is 0 Å². The lowest BCUT2D eigenvalue weighted by atomic mass is 10.3. The van der Waals surface area contributed by atoms with Gasteiger partial charge in [-0.05, 0) is 24.3 Å². The Hall–Kier alpha value is -2.11. The number of imidazole rings is 1. The van der Waals surface area contributed by atoms with E-state index < -0.39 is 0 Å². The Morgan fingerprint density at radius 2 is 1.82 bits per heavy atom. The highest BCUT2D eigenvalue weighted by molar-refractivity contribution is 6.33. The zero-order valence-corrected chi connectivity index (χ0v) is 12.8. The van der Waals surface area contributed by atoms with Crippen LogP contribution in [0.5, 0.6) is 0 Å². The predicted molar refractivity (Wildman–Crippen MR) is 89.4 cm³/mol. The predicted octanol–water partition coefficient (Wildman–Crippen LogP) is 2.69. The fourth-order valence-corrected chi connectivity index (χ4v) is 2.93. The van der Waals surface area contributed by atoms with Crippen molar-refractivity contribution in [2.45, 2.75) is 0 Å². The van der Waals surface area contributed by atoms with Gasteiger partial charge in [0.2, 0.25) is 0 Å². The maximum atomic E-state index is 6.34. The van der Waals surface area contributed by atoms with Gasteiger partial charge in [-0.2, -0.15) is 0 Å². The van der Waals surface area contributed by atoms with Crippen molar-refractivity contribution in [3.8, 4) is 11.5 Å². The first kappa shape index (κ1) is 13.5. The minimum atomic E-state index is 0.609. The molecule has 1 aliphatic heterocycles. The molecule has 22 heavy (non-hydrogen) atoms. The Labute approximate surface area is 133 Å². The fourth-order valence-electron chi connectivity index (χ4n) is 2.73. The smallest absolute Gasteiger partial charge is 0.158 e. The molecule has 1 aliphatic rings. The third kappa shape index (κ3) is 2.42. The molecule has 2 aromatic heterocycles. The van der Waals surface area contributed by atoms with Crippen LogP contribution in [0.1, 0.15) is 0 Å². The molecule has 0 spiro atoms. The fraction of sp³-hybridized carbons (Fsp3) is 0.250. The first-order chi connectivity index (χ1) is 10.8. The van der Waals surface area contributed by atoms with Crippen LogP contribution >= 0.6 is 11.6 Å². The van der Waals surface area contributed by atoms with Crippen LogP contribution in [0.15, 0.2) is 36.4 Å². The third-order valence-electron chi connectivity index (χ3n) is 3.89. The number of nitrogens with zero attached hydrogens (tertiary/aromatic N) is 3. The summed E-state index contributed by atoms with van der Waals surface area (Å²) in [5.41, 5.74) is 2.61. The average Bonchev–Trinajstić information content (AvgIpc) is 3.00. The topological polar surface area (TPSA) is 56.8 Å². The van der Waals surface area contributed by atoms with Gasteiger partial charge < -0.3 is 15.2 Å². The molecular formula is C16H16ClN5. The van der Waals surface area contributed by atoms with Crippen LogP contribution in [0.3, 0.4) is 0 Å². The Balaban J connectivity index is 1.76. The summed E-state index contributed by atoms with van der Waals surface area (Å²) in [7, 11) is 0. The molecule has 6 heteroatoms. The molecule has 0 unspecified atom stereocenters. The molecule has 0 aliphatic carbocycles. The van der Waals surface area contributed by atoms with Gasteiger partial charge in [-0.25, -0.2) is 9.97 Å². The van der Waals surface area contributed by atoms with E-state index in [4.69, 9.17) is 16.6 Å². The SMILES string of the molecule is Clc1ccc(N2CCNCC2)nc1-c1nc2ccccc2[nH]1. The summed E-state index contributed by atoms with van der Waals surface area (Å²) in [6, 6.07) is 11.8. The van der Waals surface area contributed by atoms with Crippen molar-refractivity contribution in [1.29, 1.82) is 0 Å². The van der Waals surface area contributed by atoms with Crippen LogP contribution in [-0.4, -0.2) is 41.1 Å². The Kier molecular flexibility index (Phi) is 3.44. The van der Waals surface area contributed by atoms with Crippen LogP contribution < -0.4 is 10.2 Å². The second-order valence-electron chi connectivity index (χ2n) is 5.34. The van der Waals surface area contributed by atoms with Crippen molar-refractivity contribution in [2.75, 3.05) is 31.1 Å². The highest BCUT2D eigenvalue weighted by atomic mass is 35.5. The molecule has 0 radical (unpaired) electrons. The van der Waals surface area contributed by atoms with E-state index in [9.17, 15) is 0 Å². The van der Waals surface area contributed by atoms with Crippen LogP contribution in [0, 0.1) is 0 Å². The maximum absolute atomic E-state index is 6.34. The van der Waals surface area contributed by atoms with Crippen LogP contribution in [0.4, 0.5) is 5.82 Å². The number of rotatable bonds is 2. The number of hydrogen-bond acceptors (Lipinski definition) is 4. The van der Waals surface area contributed by atoms with E-state index in [1.54, 1.807) is 0 Å². The molecule has 0 atom stereocenters. The number of anilines is 1. The summed E-state index contributed by atoms with van der Waals surface area (Å²) in [5.74, 6) is 1.66. The maximum Gasteiger partial charge on any atom is 0.158 e. The average molecular weight is 314 g/mol. The molecule has 4 rings (SSSR count). The lowest BCUT2D eigenvalue weighted by Crippen LogP contribution is -2.43. The van der Waals surface area contributed by atoms with Crippen molar-refractivity contribution in [1.82, 2.24) is 20.3 Å². The zero-order chi connectivity index (χ0) is 14.9. The van der Waals surface area contributed by atoms with Crippen LogP contribution in [-0.2, 0) is 0 Å². The van der Waals surface area contributed by atoms with Crippen LogP contribution in [0.2, 0.25) is 5.02 Å². The minimum Gasteiger partial charge on any atom is -0.354 e. The summed E-state index contributed by atoms with van der Waals surface area (Å²) in [5, 5.41) is 3.96. The van der Waals surface area contributed by atoms with E-state index in [2.05, 4.69) is 20.2 Å². The van der Waals surface area contributed by atoms with E-state index >= 15 is 0 Å². The molecule has 3 heterocycles. The van der Waals surface area contributed by atoms with Gasteiger partial charge in [0.15, 0.2) is 5.82 Å². The van der Waals surface area contributed by atoms with Crippen molar-refractivity contribution < 1.29 is 0 Å². The van der Waals surface area contributed by atoms with Gasteiger partial charge in [0.25, 0.3) is 0 Å². The Morgan fingerprint density at radius 3 is 2.64 bits per heavy atom. The number of para-hydroxylation sites is 2. The second kappa shape index (κ2) is 5.59. The van der Waals surface area contributed by atoms with Crippen molar-refractivity contribution in [3.05, 3.63) is 41.4 Å². The highest BCUT2D eigenvalue weighted by Gasteiger charge is 2.16. The molecule has 1 saturated heterocycles. The Bertz CT molecular complexity index is 774. The standard InChI is InChI=1S/C16H16ClN5/c17-11-5-6-14(22-9-7-18-8-10-22)21-15(11)16-19-12-3-1-2-4-13(12)20-16/h1-6,18H,7-10H2,(H,19,20). The molecular weight excluding hydrogens is 298 g/mol. The number of piperazine rings is 1. The minimum absolute atomic E-state index is 0.609. The normalized spacial score (nSPS) is 15.4. The number of pyridine rings is 1. The van der Waals surface area contributed by atoms with Crippen molar-refractivity contribution in [2.24, 2.45) is 0 Å². The number of nitrogens with one attached hydrogen (secondary N) is 2. The summed E-state index contributed by atoms with van der Waals surface area (Å²) < 4.78 is 0. The quantitative estimate of drug-likeness (QED) is 0.764. The lowest BCUT2D eigenvalue weighted by molar-refractivity contribution is 0.585. The zero-order valence-electron chi connectivity index (χ0n) is 12.0. The number of aromatic nitrogens is 3. The number of hydrogen-bond donors (Lipinski definition) is 2. The molecule has 1 aromatic carbocycles. The molecule has 5 nitrogen and oxygen atoms in total. The van der Waals surface area contributed by atoms with E-state index in [0.717, 1.165) is 43.0 Å². The monoisotopic (exact) mass is 313 g/mol. The molecule has 3 aromatic rings. The van der Waals surface area contributed by atoms with Gasteiger partial charge in [-0.3, -0.25) is 0 Å². The number of aromatic amines is 1. The molecule has 112 valence electrons. The molecule has 0 amide bonds. The van der Waals surface area contributed by atoms with Gasteiger partial charge in [-0.1, -0.05) is 23.7 Å². The van der Waals surface area contributed by atoms with Gasteiger partial charge in [0.1, 0.15) is 11.5 Å². The van der Waals surface area contributed by atoms with Crippen LogP contribution in [0.25, 0.3) is 22.6 Å². The third-order valence-corrected chi connectivity index (χ3v) is 4.19. The van der Waals surface area contributed by atoms with Gasteiger partial charge in [-0.15, -0.1) is 0 Å².